The second-order valence-electron chi connectivity index (χ2n) is 5.77. The molecule has 1 rings (SSSR count). The number of esters is 1. The van der Waals surface area contributed by atoms with Crippen molar-refractivity contribution in [1.29, 1.82) is 0 Å². The number of carbonyl (C=O) groups is 1. The highest BCUT2D eigenvalue weighted by Gasteiger charge is 2.27. The predicted molar refractivity (Wildman–Crippen MR) is 79.1 cm³/mol. The Morgan fingerprint density at radius 3 is 2.79 bits per heavy atom. The van der Waals surface area contributed by atoms with Gasteiger partial charge in [-0.25, -0.2) is 0 Å². The van der Waals surface area contributed by atoms with Crippen LogP contribution in [0.3, 0.4) is 0 Å². The van der Waals surface area contributed by atoms with Gasteiger partial charge >= 0.3 is 5.97 Å². The topological polar surface area (TPSA) is 29.5 Å². The number of carbonyl (C=O) groups excluding carboxylic acids is 1. The molecule has 0 amide bonds. The number of likely N-dealkylation sites (tertiary alicyclic amines) is 1. The average molecular weight is 269 g/mol. The van der Waals surface area contributed by atoms with Gasteiger partial charge in [0.2, 0.25) is 0 Å². The maximum Gasteiger partial charge on any atom is 0.310 e. The van der Waals surface area contributed by atoms with Gasteiger partial charge in [-0.2, -0.15) is 0 Å². The molecular formula is C16H31NO2. The van der Waals surface area contributed by atoms with Gasteiger partial charge in [-0.15, -0.1) is 0 Å². The van der Waals surface area contributed by atoms with E-state index in [0.29, 0.717) is 6.61 Å². The molecule has 0 aromatic rings. The number of ether oxygens (including phenoxy) is 1. The van der Waals surface area contributed by atoms with Crippen molar-refractivity contribution >= 4 is 5.97 Å². The van der Waals surface area contributed by atoms with Gasteiger partial charge in [0.05, 0.1) is 12.5 Å². The summed E-state index contributed by atoms with van der Waals surface area (Å²) < 4.78 is 5.16. The lowest BCUT2D eigenvalue weighted by Gasteiger charge is -2.33. The zero-order chi connectivity index (χ0) is 14.1. The predicted octanol–water partition coefficient (Wildman–Crippen LogP) is 3.48. The number of hydrogen-bond acceptors (Lipinski definition) is 3. The summed E-state index contributed by atoms with van der Waals surface area (Å²) in [5, 5.41) is 0. The van der Waals surface area contributed by atoms with Gasteiger partial charge < -0.3 is 9.64 Å². The Labute approximate surface area is 118 Å². The normalized spacial score (nSPS) is 22.2. The van der Waals surface area contributed by atoms with Crippen molar-refractivity contribution in [3.63, 3.8) is 0 Å². The fraction of sp³-hybridized carbons (Fsp3) is 0.938. The molecular weight excluding hydrogens is 238 g/mol. The van der Waals surface area contributed by atoms with Crippen LogP contribution < -0.4 is 0 Å². The first kappa shape index (κ1) is 16.5. The van der Waals surface area contributed by atoms with Crippen LogP contribution in [0, 0.1) is 11.8 Å². The van der Waals surface area contributed by atoms with E-state index in [0.717, 1.165) is 38.4 Å². The lowest BCUT2D eigenvalue weighted by atomic mass is 9.94. The Hall–Kier alpha value is -0.570. The van der Waals surface area contributed by atoms with Crippen molar-refractivity contribution in [3.05, 3.63) is 0 Å². The van der Waals surface area contributed by atoms with E-state index in [9.17, 15) is 4.79 Å². The molecule has 0 saturated carbocycles. The minimum absolute atomic E-state index is 0.00815. The molecule has 3 heteroatoms. The van der Waals surface area contributed by atoms with E-state index in [-0.39, 0.29) is 11.9 Å². The summed E-state index contributed by atoms with van der Waals surface area (Å²) >= 11 is 0. The van der Waals surface area contributed by atoms with Crippen molar-refractivity contribution in [2.24, 2.45) is 11.8 Å². The molecule has 1 heterocycles. The first-order valence-electron chi connectivity index (χ1n) is 8.10. The fourth-order valence-corrected chi connectivity index (χ4v) is 2.96. The van der Waals surface area contributed by atoms with Gasteiger partial charge in [0.15, 0.2) is 0 Å². The average Bonchev–Trinajstić information content (AvgIpc) is 2.44. The van der Waals surface area contributed by atoms with Crippen molar-refractivity contribution in [3.8, 4) is 0 Å². The molecule has 3 nitrogen and oxygen atoms in total. The summed E-state index contributed by atoms with van der Waals surface area (Å²) in [6.45, 7) is 10.1. The maximum atomic E-state index is 11.8. The summed E-state index contributed by atoms with van der Waals surface area (Å²) in [4.78, 5) is 14.3. The first-order chi connectivity index (χ1) is 9.21. The third-order valence-electron chi connectivity index (χ3n) is 4.19. The SMILES string of the molecule is CCCCC(CC)CN1CCCC(C(=O)OCC)C1. The number of unbranched alkanes of at least 4 members (excludes halogenated alkanes) is 1. The monoisotopic (exact) mass is 269 g/mol. The van der Waals surface area contributed by atoms with E-state index in [4.69, 9.17) is 4.74 Å². The number of piperidine rings is 1. The summed E-state index contributed by atoms with van der Waals surface area (Å²) in [6.07, 6.45) is 7.32. The second-order valence-corrected chi connectivity index (χ2v) is 5.77. The molecule has 1 fully saturated rings. The van der Waals surface area contributed by atoms with Crippen LogP contribution in [0.25, 0.3) is 0 Å². The van der Waals surface area contributed by atoms with Gasteiger partial charge in [-0.1, -0.05) is 33.1 Å². The van der Waals surface area contributed by atoms with Crippen LogP contribution in [-0.2, 0) is 9.53 Å². The van der Waals surface area contributed by atoms with E-state index < -0.39 is 0 Å². The molecule has 1 saturated heterocycles. The first-order valence-corrected chi connectivity index (χ1v) is 8.10. The van der Waals surface area contributed by atoms with Gasteiger partial charge in [0.1, 0.15) is 0 Å². The standard InChI is InChI=1S/C16H31NO2/c1-4-7-9-14(5-2)12-17-11-8-10-15(13-17)16(18)19-6-3/h14-15H,4-13H2,1-3H3. The van der Waals surface area contributed by atoms with Crippen molar-refractivity contribution in [2.45, 2.75) is 59.3 Å². The van der Waals surface area contributed by atoms with Crippen LogP contribution in [0.5, 0.6) is 0 Å². The third-order valence-corrected chi connectivity index (χ3v) is 4.19. The smallest absolute Gasteiger partial charge is 0.310 e. The van der Waals surface area contributed by atoms with Gasteiger partial charge in [-0.05, 0) is 38.6 Å². The fourth-order valence-electron chi connectivity index (χ4n) is 2.96. The quantitative estimate of drug-likeness (QED) is 0.632. The van der Waals surface area contributed by atoms with Crippen molar-refractivity contribution in [1.82, 2.24) is 4.90 Å². The molecule has 0 aromatic heterocycles. The van der Waals surface area contributed by atoms with Crippen LogP contribution >= 0.6 is 0 Å². The minimum atomic E-state index is 0.00815. The molecule has 1 aliphatic heterocycles. The zero-order valence-corrected chi connectivity index (χ0v) is 13.0. The molecule has 0 aromatic carbocycles. The maximum absolute atomic E-state index is 11.8. The van der Waals surface area contributed by atoms with Crippen LogP contribution in [0.1, 0.15) is 59.3 Å². The Bertz CT molecular complexity index is 255. The Morgan fingerprint density at radius 1 is 1.37 bits per heavy atom. The van der Waals surface area contributed by atoms with Crippen LogP contribution in [0.2, 0.25) is 0 Å². The van der Waals surface area contributed by atoms with Gasteiger partial charge in [0, 0.05) is 13.1 Å². The minimum Gasteiger partial charge on any atom is -0.466 e. The van der Waals surface area contributed by atoms with Crippen LogP contribution in [0.15, 0.2) is 0 Å². The van der Waals surface area contributed by atoms with E-state index in [2.05, 4.69) is 18.7 Å². The summed E-state index contributed by atoms with van der Waals surface area (Å²) in [6, 6.07) is 0. The molecule has 0 aliphatic carbocycles. The largest absolute Gasteiger partial charge is 0.466 e. The Kier molecular flexibility index (Phi) is 8.11. The molecule has 0 spiro atoms. The molecule has 112 valence electrons. The number of rotatable bonds is 8. The van der Waals surface area contributed by atoms with Crippen LogP contribution in [-0.4, -0.2) is 37.1 Å². The molecule has 0 radical (unpaired) electrons. The lowest BCUT2D eigenvalue weighted by Crippen LogP contribution is -2.41. The van der Waals surface area contributed by atoms with Gasteiger partial charge in [-0.3, -0.25) is 4.79 Å². The van der Waals surface area contributed by atoms with Crippen molar-refractivity contribution < 1.29 is 9.53 Å². The highest BCUT2D eigenvalue weighted by atomic mass is 16.5. The second kappa shape index (κ2) is 9.35. The summed E-state index contributed by atoms with van der Waals surface area (Å²) in [5.41, 5.74) is 0. The highest BCUT2D eigenvalue weighted by Crippen LogP contribution is 2.21. The highest BCUT2D eigenvalue weighted by molar-refractivity contribution is 5.72. The lowest BCUT2D eigenvalue weighted by molar-refractivity contribution is -0.150. The van der Waals surface area contributed by atoms with Gasteiger partial charge in [0.25, 0.3) is 0 Å². The summed E-state index contributed by atoms with van der Waals surface area (Å²) in [5.74, 6) is 0.909. The Morgan fingerprint density at radius 2 is 2.16 bits per heavy atom. The zero-order valence-electron chi connectivity index (χ0n) is 13.0. The molecule has 2 atom stereocenters. The van der Waals surface area contributed by atoms with E-state index >= 15 is 0 Å². The number of hydrogen-bond donors (Lipinski definition) is 0. The van der Waals surface area contributed by atoms with E-state index in [1.54, 1.807) is 0 Å². The molecule has 0 N–H and O–H groups in total. The van der Waals surface area contributed by atoms with E-state index in [1.807, 2.05) is 6.92 Å². The molecule has 1 aliphatic rings. The van der Waals surface area contributed by atoms with Crippen LogP contribution in [0.4, 0.5) is 0 Å². The Balaban J connectivity index is 2.38. The third kappa shape index (κ3) is 5.94. The molecule has 0 bridgehead atoms. The summed E-state index contributed by atoms with van der Waals surface area (Å²) in [7, 11) is 0. The number of nitrogens with zero attached hydrogens (tertiary/aromatic N) is 1. The molecule has 19 heavy (non-hydrogen) atoms. The van der Waals surface area contributed by atoms with E-state index in [1.165, 1.54) is 25.7 Å². The van der Waals surface area contributed by atoms with Crippen molar-refractivity contribution in [2.75, 3.05) is 26.2 Å². The molecule has 2 unspecified atom stereocenters.